The molecule has 2 aliphatic rings. The summed E-state index contributed by atoms with van der Waals surface area (Å²) in [6, 6.07) is 3.54. The number of rotatable bonds is 1. The molecule has 3 rings (SSSR count). The number of benzene rings is 1. The monoisotopic (exact) mass is 206 g/mol. The van der Waals surface area contributed by atoms with Crippen LogP contribution >= 0.6 is 0 Å². The maximum absolute atomic E-state index is 13.8. The molecule has 2 heteroatoms. The zero-order chi connectivity index (χ0) is 10.5. The van der Waals surface area contributed by atoms with Crippen molar-refractivity contribution in [3.8, 4) is 0 Å². The van der Waals surface area contributed by atoms with Crippen LogP contribution in [0.15, 0.2) is 12.1 Å². The molecule has 1 saturated carbocycles. The minimum Gasteiger partial charge on any atom is -0.385 e. The van der Waals surface area contributed by atoms with Gasteiger partial charge in [0.15, 0.2) is 0 Å². The SMILES string of the molecule is OC1(c2cc3c(cc2F)CCCC3)CC1. The van der Waals surface area contributed by atoms with Crippen molar-refractivity contribution in [2.24, 2.45) is 0 Å². The van der Waals surface area contributed by atoms with Gasteiger partial charge in [-0.3, -0.25) is 0 Å². The Labute approximate surface area is 88.9 Å². The van der Waals surface area contributed by atoms with Gasteiger partial charge in [0.25, 0.3) is 0 Å². The summed E-state index contributed by atoms with van der Waals surface area (Å²) < 4.78 is 13.8. The van der Waals surface area contributed by atoms with Crippen LogP contribution in [0.25, 0.3) is 0 Å². The van der Waals surface area contributed by atoms with Crippen LogP contribution in [0.1, 0.15) is 42.4 Å². The molecule has 0 aliphatic heterocycles. The second-order valence-electron chi connectivity index (χ2n) is 4.84. The molecule has 80 valence electrons. The minimum absolute atomic E-state index is 0.212. The number of fused-ring (bicyclic) bond motifs is 1. The van der Waals surface area contributed by atoms with E-state index in [0.717, 1.165) is 24.8 Å². The van der Waals surface area contributed by atoms with E-state index >= 15 is 0 Å². The van der Waals surface area contributed by atoms with Crippen molar-refractivity contribution in [1.82, 2.24) is 0 Å². The molecule has 0 radical (unpaired) electrons. The van der Waals surface area contributed by atoms with E-state index < -0.39 is 5.60 Å². The molecule has 1 aromatic rings. The first kappa shape index (κ1) is 9.34. The van der Waals surface area contributed by atoms with Crippen molar-refractivity contribution >= 4 is 0 Å². The zero-order valence-corrected chi connectivity index (χ0v) is 8.72. The Kier molecular flexibility index (Phi) is 1.90. The molecule has 0 saturated heterocycles. The average Bonchev–Trinajstić information content (AvgIpc) is 2.96. The number of hydrogen-bond acceptors (Lipinski definition) is 1. The van der Waals surface area contributed by atoms with Gasteiger partial charge in [0.2, 0.25) is 0 Å². The predicted octanol–water partition coefficient (Wildman–Crippen LogP) is 2.69. The molecule has 1 aromatic carbocycles. The van der Waals surface area contributed by atoms with Crippen LogP contribution in [-0.4, -0.2) is 5.11 Å². The summed E-state index contributed by atoms with van der Waals surface area (Å²) in [5.41, 5.74) is 2.09. The van der Waals surface area contributed by atoms with Crippen molar-refractivity contribution in [2.75, 3.05) is 0 Å². The highest BCUT2D eigenvalue weighted by molar-refractivity contribution is 5.39. The summed E-state index contributed by atoms with van der Waals surface area (Å²) in [5.74, 6) is -0.212. The number of hydrogen-bond donors (Lipinski definition) is 1. The van der Waals surface area contributed by atoms with E-state index in [1.165, 1.54) is 12.0 Å². The van der Waals surface area contributed by atoms with Gasteiger partial charge in [-0.25, -0.2) is 4.39 Å². The van der Waals surface area contributed by atoms with Gasteiger partial charge in [-0.15, -0.1) is 0 Å². The molecule has 0 unspecified atom stereocenters. The summed E-state index contributed by atoms with van der Waals surface area (Å²) in [5, 5.41) is 9.94. The summed E-state index contributed by atoms with van der Waals surface area (Å²) in [4.78, 5) is 0. The third-order valence-electron chi connectivity index (χ3n) is 3.66. The largest absolute Gasteiger partial charge is 0.385 e. The van der Waals surface area contributed by atoms with Crippen LogP contribution in [0.3, 0.4) is 0 Å². The van der Waals surface area contributed by atoms with Crippen LogP contribution in [-0.2, 0) is 18.4 Å². The van der Waals surface area contributed by atoms with E-state index in [1.807, 2.05) is 6.07 Å². The molecule has 0 atom stereocenters. The molecular weight excluding hydrogens is 191 g/mol. The number of halogens is 1. The lowest BCUT2D eigenvalue weighted by molar-refractivity contribution is 0.146. The third kappa shape index (κ3) is 1.48. The van der Waals surface area contributed by atoms with E-state index in [2.05, 4.69) is 0 Å². The average molecular weight is 206 g/mol. The lowest BCUT2D eigenvalue weighted by Crippen LogP contribution is -2.11. The molecule has 0 bridgehead atoms. The molecule has 0 amide bonds. The predicted molar refractivity (Wildman–Crippen MR) is 56.2 cm³/mol. The van der Waals surface area contributed by atoms with Crippen molar-refractivity contribution in [1.29, 1.82) is 0 Å². The standard InChI is InChI=1S/C13H15FO/c14-12-8-10-4-2-1-3-9(10)7-11(12)13(15)5-6-13/h7-8,15H,1-6H2. The smallest absolute Gasteiger partial charge is 0.129 e. The molecular formula is C13H15FO. The van der Waals surface area contributed by atoms with E-state index in [4.69, 9.17) is 0 Å². The summed E-state index contributed by atoms with van der Waals surface area (Å²) in [6.07, 6.45) is 5.81. The van der Waals surface area contributed by atoms with E-state index in [1.54, 1.807) is 6.07 Å². The molecule has 1 N–H and O–H groups in total. The highest BCUT2D eigenvalue weighted by Crippen LogP contribution is 2.47. The highest BCUT2D eigenvalue weighted by atomic mass is 19.1. The Morgan fingerprint density at radius 2 is 1.67 bits per heavy atom. The summed E-state index contributed by atoms with van der Waals surface area (Å²) >= 11 is 0. The second-order valence-corrected chi connectivity index (χ2v) is 4.84. The minimum atomic E-state index is -0.837. The van der Waals surface area contributed by atoms with Crippen LogP contribution in [0.4, 0.5) is 4.39 Å². The van der Waals surface area contributed by atoms with Crippen molar-refractivity contribution in [2.45, 2.75) is 44.1 Å². The van der Waals surface area contributed by atoms with E-state index in [0.29, 0.717) is 18.4 Å². The zero-order valence-electron chi connectivity index (χ0n) is 8.72. The van der Waals surface area contributed by atoms with E-state index in [-0.39, 0.29) is 5.82 Å². The molecule has 0 aromatic heterocycles. The van der Waals surface area contributed by atoms with Gasteiger partial charge in [0.1, 0.15) is 5.82 Å². The van der Waals surface area contributed by atoms with Gasteiger partial charge in [0.05, 0.1) is 5.60 Å². The summed E-state index contributed by atoms with van der Waals surface area (Å²) in [6.45, 7) is 0. The first-order valence-corrected chi connectivity index (χ1v) is 5.73. The number of aliphatic hydroxyl groups is 1. The first-order chi connectivity index (χ1) is 7.19. The number of aryl methyl sites for hydroxylation is 2. The third-order valence-corrected chi connectivity index (χ3v) is 3.66. The van der Waals surface area contributed by atoms with Crippen molar-refractivity contribution < 1.29 is 9.50 Å². The Morgan fingerprint density at radius 3 is 2.27 bits per heavy atom. The lowest BCUT2D eigenvalue weighted by atomic mass is 9.89. The Hall–Kier alpha value is -0.890. The van der Waals surface area contributed by atoms with Gasteiger partial charge in [-0.1, -0.05) is 0 Å². The Bertz CT molecular complexity index is 407. The molecule has 0 spiro atoms. The Balaban J connectivity index is 2.08. The lowest BCUT2D eigenvalue weighted by Gasteiger charge is -2.19. The molecule has 1 fully saturated rings. The van der Waals surface area contributed by atoms with Crippen LogP contribution < -0.4 is 0 Å². The van der Waals surface area contributed by atoms with Crippen LogP contribution in [0.2, 0.25) is 0 Å². The highest BCUT2D eigenvalue weighted by Gasteiger charge is 2.44. The van der Waals surface area contributed by atoms with Crippen LogP contribution in [0, 0.1) is 5.82 Å². The molecule has 15 heavy (non-hydrogen) atoms. The fraction of sp³-hybridized carbons (Fsp3) is 0.538. The molecule has 2 aliphatic carbocycles. The Morgan fingerprint density at radius 1 is 1.07 bits per heavy atom. The molecule has 0 heterocycles. The first-order valence-electron chi connectivity index (χ1n) is 5.73. The van der Waals surface area contributed by atoms with Gasteiger partial charge < -0.3 is 5.11 Å². The topological polar surface area (TPSA) is 20.2 Å². The fourth-order valence-corrected chi connectivity index (χ4v) is 2.50. The van der Waals surface area contributed by atoms with Gasteiger partial charge >= 0.3 is 0 Å². The van der Waals surface area contributed by atoms with E-state index in [9.17, 15) is 9.50 Å². The normalized spacial score (nSPS) is 22.3. The van der Waals surface area contributed by atoms with Gasteiger partial charge in [-0.2, -0.15) is 0 Å². The summed E-state index contributed by atoms with van der Waals surface area (Å²) in [7, 11) is 0. The van der Waals surface area contributed by atoms with Crippen LogP contribution in [0.5, 0.6) is 0 Å². The maximum Gasteiger partial charge on any atom is 0.129 e. The molecule has 1 nitrogen and oxygen atoms in total. The second kappa shape index (κ2) is 3.05. The van der Waals surface area contributed by atoms with Crippen molar-refractivity contribution in [3.63, 3.8) is 0 Å². The van der Waals surface area contributed by atoms with Gasteiger partial charge in [-0.05, 0) is 61.8 Å². The fourth-order valence-electron chi connectivity index (χ4n) is 2.50. The van der Waals surface area contributed by atoms with Crippen molar-refractivity contribution in [3.05, 3.63) is 34.6 Å². The quantitative estimate of drug-likeness (QED) is 0.749. The maximum atomic E-state index is 13.8. The van der Waals surface area contributed by atoms with Gasteiger partial charge in [0, 0.05) is 5.56 Å².